The molecule has 1 fully saturated rings. The van der Waals surface area contributed by atoms with Crippen molar-refractivity contribution in [3.63, 3.8) is 0 Å². The van der Waals surface area contributed by atoms with Crippen molar-refractivity contribution in [2.75, 3.05) is 36.4 Å². The van der Waals surface area contributed by atoms with Gasteiger partial charge in [0.1, 0.15) is 11.5 Å². The molecule has 2 aromatic carbocycles. The van der Waals surface area contributed by atoms with E-state index in [-0.39, 0.29) is 11.7 Å². The van der Waals surface area contributed by atoms with Gasteiger partial charge >= 0.3 is 0 Å². The maximum absolute atomic E-state index is 14.0. The summed E-state index contributed by atoms with van der Waals surface area (Å²) in [6, 6.07) is 18.0. The van der Waals surface area contributed by atoms with Gasteiger partial charge < -0.3 is 15.1 Å². The summed E-state index contributed by atoms with van der Waals surface area (Å²) < 4.78 is 14.0. The zero-order valence-electron chi connectivity index (χ0n) is 16.2. The second-order valence-electron chi connectivity index (χ2n) is 6.94. The van der Waals surface area contributed by atoms with E-state index >= 15 is 0 Å². The van der Waals surface area contributed by atoms with Gasteiger partial charge in [0.15, 0.2) is 0 Å². The summed E-state index contributed by atoms with van der Waals surface area (Å²) in [6.45, 7) is 4.01. The molecule has 0 unspecified atom stereocenters. The van der Waals surface area contributed by atoms with E-state index in [1.54, 1.807) is 23.1 Å². The molecule has 4 rings (SSSR count). The van der Waals surface area contributed by atoms with Crippen molar-refractivity contribution in [1.29, 1.82) is 0 Å². The number of halogens is 1. The van der Waals surface area contributed by atoms with Crippen molar-refractivity contribution in [3.8, 4) is 0 Å². The topological polar surface area (TPSA) is 61.4 Å². The van der Waals surface area contributed by atoms with Crippen molar-refractivity contribution in [2.24, 2.45) is 0 Å². The van der Waals surface area contributed by atoms with Crippen molar-refractivity contribution >= 4 is 23.2 Å². The largest absolute Gasteiger partial charge is 0.366 e. The first-order chi connectivity index (χ1) is 14.1. The van der Waals surface area contributed by atoms with E-state index in [9.17, 15) is 9.18 Å². The van der Waals surface area contributed by atoms with Gasteiger partial charge in [-0.3, -0.25) is 4.79 Å². The van der Waals surface area contributed by atoms with Crippen LogP contribution in [-0.2, 0) is 0 Å². The number of amides is 1. The Bertz CT molecular complexity index is 1000. The van der Waals surface area contributed by atoms with Gasteiger partial charge in [0, 0.05) is 37.6 Å². The lowest BCUT2D eigenvalue weighted by atomic mass is 10.2. The average Bonchev–Trinajstić information content (AvgIpc) is 2.74. The van der Waals surface area contributed by atoms with Crippen molar-refractivity contribution < 1.29 is 9.18 Å². The number of nitrogens with one attached hydrogen (secondary N) is 1. The van der Waals surface area contributed by atoms with Crippen LogP contribution in [0.4, 0.5) is 21.7 Å². The Morgan fingerprint density at radius 2 is 1.66 bits per heavy atom. The third-order valence-corrected chi connectivity index (χ3v) is 4.86. The Kier molecular flexibility index (Phi) is 5.37. The predicted octanol–water partition coefficient (Wildman–Crippen LogP) is 3.63. The second kappa shape index (κ2) is 8.26. The number of nitrogens with zero attached hydrogens (tertiary/aromatic N) is 4. The first-order valence-corrected chi connectivity index (χ1v) is 9.57. The summed E-state index contributed by atoms with van der Waals surface area (Å²) in [7, 11) is 0. The second-order valence-corrected chi connectivity index (χ2v) is 6.94. The van der Waals surface area contributed by atoms with Crippen LogP contribution in [0.5, 0.6) is 0 Å². The lowest BCUT2D eigenvalue weighted by Gasteiger charge is -2.36. The molecular weight excluding hydrogens is 369 g/mol. The molecule has 0 spiro atoms. The number of hydrogen-bond donors (Lipinski definition) is 1. The van der Waals surface area contributed by atoms with Crippen molar-refractivity contribution in [3.05, 3.63) is 77.9 Å². The number of anilines is 3. The first kappa shape index (κ1) is 18.9. The van der Waals surface area contributed by atoms with Crippen LogP contribution in [0, 0.1) is 12.7 Å². The van der Waals surface area contributed by atoms with Crippen LogP contribution >= 0.6 is 0 Å². The standard InChI is InChI=1S/C22H22FN5O/c1-16-15-19(26-22(24-16)25-17-7-3-2-4-8-17)21(29)28-13-11-27(12-14-28)20-10-6-5-9-18(20)23/h2-10,15H,11-14H2,1H3,(H,24,25,26). The summed E-state index contributed by atoms with van der Waals surface area (Å²) >= 11 is 0. The minimum atomic E-state index is -0.240. The fourth-order valence-corrected chi connectivity index (χ4v) is 3.41. The Hall–Kier alpha value is -3.48. The van der Waals surface area contributed by atoms with Crippen LogP contribution in [-0.4, -0.2) is 47.0 Å². The molecule has 0 aliphatic carbocycles. The molecule has 1 saturated heterocycles. The Morgan fingerprint density at radius 1 is 0.966 bits per heavy atom. The highest BCUT2D eigenvalue weighted by atomic mass is 19.1. The SMILES string of the molecule is Cc1cc(C(=O)N2CCN(c3ccccc3F)CC2)nc(Nc2ccccc2)n1. The van der Waals surface area contributed by atoms with E-state index in [0.29, 0.717) is 49.2 Å². The van der Waals surface area contributed by atoms with Gasteiger partial charge in [-0.2, -0.15) is 0 Å². The summed E-state index contributed by atoms with van der Waals surface area (Å²) in [5.41, 5.74) is 2.50. The summed E-state index contributed by atoms with van der Waals surface area (Å²) in [5, 5.41) is 3.13. The van der Waals surface area contributed by atoms with Crippen LogP contribution in [0.2, 0.25) is 0 Å². The molecule has 2 heterocycles. The van der Waals surface area contributed by atoms with Gasteiger partial charge in [-0.15, -0.1) is 0 Å². The summed E-state index contributed by atoms with van der Waals surface area (Å²) in [4.78, 5) is 25.5. The number of para-hydroxylation sites is 2. The maximum Gasteiger partial charge on any atom is 0.272 e. The van der Waals surface area contributed by atoms with E-state index < -0.39 is 0 Å². The van der Waals surface area contributed by atoms with Gasteiger partial charge in [0.25, 0.3) is 5.91 Å². The predicted molar refractivity (Wildman–Crippen MR) is 111 cm³/mol. The highest BCUT2D eigenvalue weighted by molar-refractivity contribution is 5.93. The average molecular weight is 391 g/mol. The Balaban J connectivity index is 1.45. The molecule has 7 heteroatoms. The van der Waals surface area contributed by atoms with E-state index in [4.69, 9.17) is 0 Å². The fraction of sp³-hybridized carbons (Fsp3) is 0.227. The molecule has 0 saturated carbocycles. The number of aryl methyl sites for hydroxylation is 1. The number of carbonyl (C=O) groups excluding carboxylic acids is 1. The van der Waals surface area contributed by atoms with Gasteiger partial charge in [0.05, 0.1) is 5.69 Å². The molecule has 0 radical (unpaired) electrons. The van der Waals surface area contributed by atoms with Crippen LogP contribution < -0.4 is 10.2 Å². The van der Waals surface area contributed by atoms with Crippen LogP contribution in [0.1, 0.15) is 16.2 Å². The number of rotatable bonds is 4. The first-order valence-electron chi connectivity index (χ1n) is 9.57. The lowest BCUT2D eigenvalue weighted by Crippen LogP contribution is -2.49. The van der Waals surface area contributed by atoms with Crippen LogP contribution in [0.15, 0.2) is 60.7 Å². The molecule has 6 nitrogen and oxygen atoms in total. The van der Waals surface area contributed by atoms with Gasteiger partial charge in [-0.05, 0) is 37.3 Å². The number of aromatic nitrogens is 2. The number of benzene rings is 2. The normalized spacial score (nSPS) is 14.0. The van der Waals surface area contributed by atoms with Crippen molar-refractivity contribution in [2.45, 2.75) is 6.92 Å². The van der Waals surface area contributed by atoms with E-state index in [0.717, 1.165) is 5.69 Å². The molecule has 1 aliphatic rings. The molecule has 148 valence electrons. The van der Waals surface area contributed by atoms with Crippen LogP contribution in [0.25, 0.3) is 0 Å². The molecule has 0 atom stereocenters. The van der Waals surface area contributed by atoms with E-state index in [2.05, 4.69) is 15.3 Å². The zero-order chi connectivity index (χ0) is 20.2. The molecule has 1 aliphatic heterocycles. The zero-order valence-corrected chi connectivity index (χ0v) is 16.2. The molecule has 0 bridgehead atoms. The molecule has 1 amide bonds. The molecular formula is C22H22FN5O. The monoisotopic (exact) mass is 391 g/mol. The minimum Gasteiger partial charge on any atom is -0.366 e. The van der Waals surface area contributed by atoms with Gasteiger partial charge in [-0.1, -0.05) is 30.3 Å². The number of piperazine rings is 1. The molecule has 3 aromatic rings. The number of hydrogen-bond acceptors (Lipinski definition) is 5. The highest BCUT2D eigenvalue weighted by Gasteiger charge is 2.25. The summed E-state index contributed by atoms with van der Waals surface area (Å²) in [5.74, 6) is 0.0136. The molecule has 29 heavy (non-hydrogen) atoms. The van der Waals surface area contributed by atoms with Crippen LogP contribution in [0.3, 0.4) is 0 Å². The minimum absolute atomic E-state index is 0.139. The van der Waals surface area contributed by atoms with E-state index in [1.807, 2.05) is 48.2 Å². The van der Waals surface area contributed by atoms with Gasteiger partial charge in [-0.25, -0.2) is 14.4 Å². The Labute approximate surface area is 169 Å². The van der Waals surface area contributed by atoms with E-state index in [1.165, 1.54) is 6.07 Å². The lowest BCUT2D eigenvalue weighted by molar-refractivity contribution is 0.0740. The number of carbonyl (C=O) groups is 1. The Morgan fingerprint density at radius 3 is 2.38 bits per heavy atom. The quantitative estimate of drug-likeness (QED) is 0.736. The van der Waals surface area contributed by atoms with Gasteiger partial charge in [0.2, 0.25) is 5.95 Å². The third-order valence-electron chi connectivity index (χ3n) is 4.86. The fourth-order valence-electron chi connectivity index (χ4n) is 3.41. The van der Waals surface area contributed by atoms with Crippen molar-refractivity contribution in [1.82, 2.24) is 14.9 Å². The molecule has 1 aromatic heterocycles. The maximum atomic E-state index is 14.0. The smallest absolute Gasteiger partial charge is 0.272 e. The highest BCUT2D eigenvalue weighted by Crippen LogP contribution is 2.21. The molecule has 1 N–H and O–H groups in total. The third kappa shape index (κ3) is 4.34. The summed E-state index contributed by atoms with van der Waals surface area (Å²) in [6.07, 6.45) is 0.